The molecule has 0 bridgehead atoms. The second-order valence-corrected chi connectivity index (χ2v) is 4.81. The molecule has 0 saturated carbocycles. The summed E-state index contributed by atoms with van der Waals surface area (Å²) in [5, 5.41) is 22.0. The van der Waals surface area contributed by atoms with E-state index in [1.54, 1.807) is 43.3 Å². The molecule has 2 aromatic rings. The lowest BCUT2D eigenvalue weighted by Crippen LogP contribution is -2.15. The summed E-state index contributed by atoms with van der Waals surface area (Å²) >= 11 is 0. The van der Waals surface area contributed by atoms with Gasteiger partial charge in [-0.2, -0.15) is 0 Å². The van der Waals surface area contributed by atoms with Crippen LogP contribution in [0.1, 0.15) is 16.7 Å². The van der Waals surface area contributed by atoms with Gasteiger partial charge in [0.15, 0.2) is 0 Å². The molecule has 4 heteroatoms. The van der Waals surface area contributed by atoms with Crippen molar-refractivity contribution < 1.29 is 15.0 Å². The molecular weight excluding hydrogens is 254 g/mol. The molecule has 0 aliphatic heterocycles. The molecule has 4 nitrogen and oxygen atoms in total. The van der Waals surface area contributed by atoms with Crippen LogP contribution in [-0.4, -0.2) is 16.1 Å². The molecule has 104 valence electrons. The van der Waals surface area contributed by atoms with Crippen LogP contribution in [0.25, 0.3) is 0 Å². The van der Waals surface area contributed by atoms with E-state index in [-0.39, 0.29) is 23.8 Å². The highest BCUT2D eigenvalue weighted by Crippen LogP contribution is 2.25. The van der Waals surface area contributed by atoms with E-state index < -0.39 is 0 Å². The maximum absolute atomic E-state index is 12.0. The van der Waals surface area contributed by atoms with Crippen LogP contribution in [0.2, 0.25) is 0 Å². The van der Waals surface area contributed by atoms with Crippen LogP contribution in [0.15, 0.2) is 36.4 Å². The predicted octanol–water partition coefficient (Wildman–Crippen LogP) is 2.90. The van der Waals surface area contributed by atoms with Gasteiger partial charge in [0.25, 0.3) is 0 Å². The lowest BCUT2D eigenvalue weighted by atomic mass is 10.1. The Morgan fingerprint density at radius 1 is 1.05 bits per heavy atom. The highest BCUT2D eigenvalue weighted by atomic mass is 16.3. The number of aromatic hydroxyl groups is 2. The second kappa shape index (κ2) is 5.65. The predicted molar refractivity (Wildman–Crippen MR) is 78.0 cm³/mol. The van der Waals surface area contributed by atoms with Crippen LogP contribution in [0, 0.1) is 13.8 Å². The normalized spacial score (nSPS) is 10.3. The van der Waals surface area contributed by atoms with E-state index >= 15 is 0 Å². The number of para-hydroxylation sites is 1. The largest absolute Gasteiger partial charge is 0.508 e. The minimum Gasteiger partial charge on any atom is -0.508 e. The van der Waals surface area contributed by atoms with Crippen molar-refractivity contribution in [3.63, 3.8) is 0 Å². The van der Waals surface area contributed by atoms with Crippen LogP contribution in [0.3, 0.4) is 0 Å². The third-order valence-electron chi connectivity index (χ3n) is 3.16. The zero-order valence-electron chi connectivity index (χ0n) is 11.5. The van der Waals surface area contributed by atoms with Crippen molar-refractivity contribution in [3.8, 4) is 11.5 Å². The van der Waals surface area contributed by atoms with E-state index in [0.717, 1.165) is 5.56 Å². The van der Waals surface area contributed by atoms with Crippen molar-refractivity contribution in [1.82, 2.24) is 0 Å². The van der Waals surface area contributed by atoms with E-state index in [2.05, 4.69) is 5.32 Å². The van der Waals surface area contributed by atoms with Gasteiger partial charge < -0.3 is 15.5 Å². The molecule has 0 spiro atoms. The van der Waals surface area contributed by atoms with Crippen LogP contribution in [0.4, 0.5) is 5.69 Å². The smallest absolute Gasteiger partial charge is 0.228 e. The summed E-state index contributed by atoms with van der Waals surface area (Å²) < 4.78 is 0. The molecule has 20 heavy (non-hydrogen) atoms. The molecule has 2 aromatic carbocycles. The molecule has 2 rings (SSSR count). The van der Waals surface area contributed by atoms with Crippen LogP contribution in [0.5, 0.6) is 11.5 Å². The number of rotatable bonds is 3. The number of phenolic OH excluding ortho intramolecular Hbond substituents is 2. The van der Waals surface area contributed by atoms with Gasteiger partial charge in [0.05, 0.1) is 6.42 Å². The van der Waals surface area contributed by atoms with Gasteiger partial charge in [0, 0.05) is 11.3 Å². The van der Waals surface area contributed by atoms with Crippen LogP contribution >= 0.6 is 0 Å². The van der Waals surface area contributed by atoms with E-state index in [0.29, 0.717) is 16.8 Å². The lowest BCUT2D eigenvalue weighted by Gasteiger charge is -2.11. The Morgan fingerprint density at radius 3 is 2.45 bits per heavy atom. The highest BCUT2D eigenvalue weighted by Gasteiger charge is 2.10. The monoisotopic (exact) mass is 271 g/mol. The molecule has 1 amide bonds. The van der Waals surface area contributed by atoms with Gasteiger partial charge in [0.1, 0.15) is 11.5 Å². The topological polar surface area (TPSA) is 69.6 Å². The first kappa shape index (κ1) is 13.9. The molecule has 0 aliphatic carbocycles. The van der Waals surface area contributed by atoms with Crippen molar-refractivity contribution in [2.45, 2.75) is 20.3 Å². The molecule has 0 radical (unpaired) electrons. The number of nitrogens with one attached hydrogen (secondary N) is 1. The van der Waals surface area contributed by atoms with Gasteiger partial charge in [-0.25, -0.2) is 0 Å². The van der Waals surface area contributed by atoms with E-state index in [4.69, 9.17) is 0 Å². The number of amides is 1. The number of benzene rings is 2. The number of anilines is 1. The first-order valence-corrected chi connectivity index (χ1v) is 6.34. The number of aryl methyl sites for hydroxylation is 2. The second-order valence-electron chi connectivity index (χ2n) is 4.81. The first-order valence-electron chi connectivity index (χ1n) is 6.34. The summed E-state index contributed by atoms with van der Waals surface area (Å²) in [5.74, 6) is 0.113. The molecule has 3 N–H and O–H groups in total. The summed E-state index contributed by atoms with van der Waals surface area (Å²) in [7, 11) is 0. The van der Waals surface area contributed by atoms with Crippen molar-refractivity contribution in [3.05, 3.63) is 53.1 Å². The molecular formula is C16H17NO3. The summed E-state index contributed by atoms with van der Waals surface area (Å²) in [6.07, 6.45) is 0.103. The Hall–Kier alpha value is -2.49. The highest BCUT2D eigenvalue weighted by molar-refractivity contribution is 5.93. The van der Waals surface area contributed by atoms with Gasteiger partial charge in [-0.1, -0.05) is 18.2 Å². The van der Waals surface area contributed by atoms with Crippen LogP contribution < -0.4 is 5.32 Å². The van der Waals surface area contributed by atoms with E-state index in [9.17, 15) is 15.0 Å². The summed E-state index contributed by atoms with van der Waals surface area (Å²) in [5.41, 5.74) is 2.74. The summed E-state index contributed by atoms with van der Waals surface area (Å²) in [4.78, 5) is 12.0. The van der Waals surface area contributed by atoms with E-state index in [1.807, 2.05) is 6.92 Å². The fourth-order valence-corrected chi connectivity index (χ4v) is 1.96. The van der Waals surface area contributed by atoms with Gasteiger partial charge >= 0.3 is 0 Å². The Bertz CT molecular complexity index is 650. The van der Waals surface area contributed by atoms with Crippen LogP contribution in [-0.2, 0) is 11.2 Å². The summed E-state index contributed by atoms with van der Waals surface area (Å²) in [6, 6.07) is 10.1. The number of carbonyl (C=O) groups is 1. The average molecular weight is 271 g/mol. The molecule has 0 aromatic heterocycles. The average Bonchev–Trinajstić information content (AvgIpc) is 2.39. The quantitative estimate of drug-likeness (QED) is 0.752. The standard InChI is InChI=1S/C16H17NO3/c1-10-8-15(19)11(2)7-13(10)17-16(20)9-12-5-3-4-6-14(12)18/h3-8,18-19H,9H2,1-2H3,(H,17,20). The van der Waals surface area contributed by atoms with Crippen molar-refractivity contribution in [1.29, 1.82) is 0 Å². The van der Waals surface area contributed by atoms with Gasteiger partial charge in [0.2, 0.25) is 5.91 Å². The molecule has 0 unspecified atom stereocenters. The van der Waals surface area contributed by atoms with Crippen molar-refractivity contribution >= 4 is 11.6 Å². The maximum atomic E-state index is 12.0. The number of carbonyl (C=O) groups excluding carboxylic acids is 1. The molecule has 0 heterocycles. The summed E-state index contributed by atoms with van der Waals surface area (Å²) in [6.45, 7) is 3.59. The Labute approximate surface area is 117 Å². The minimum atomic E-state index is -0.209. The third kappa shape index (κ3) is 3.09. The number of hydrogen-bond donors (Lipinski definition) is 3. The Morgan fingerprint density at radius 2 is 1.75 bits per heavy atom. The maximum Gasteiger partial charge on any atom is 0.228 e. The first-order chi connectivity index (χ1) is 9.47. The zero-order valence-corrected chi connectivity index (χ0v) is 11.5. The number of hydrogen-bond acceptors (Lipinski definition) is 3. The number of phenols is 2. The molecule has 0 fully saturated rings. The SMILES string of the molecule is Cc1cc(NC(=O)Cc2ccccc2O)c(C)cc1O. The molecule has 0 saturated heterocycles. The minimum absolute atomic E-state index is 0.103. The Kier molecular flexibility index (Phi) is 3.94. The van der Waals surface area contributed by atoms with Crippen molar-refractivity contribution in [2.75, 3.05) is 5.32 Å². The fourth-order valence-electron chi connectivity index (χ4n) is 1.96. The molecule has 0 aliphatic rings. The van der Waals surface area contributed by atoms with Gasteiger partial charge in [-0.3, -0.25) is 4.79 Å². The van der Waals surface area contributed by atoms with E-state index in [1.165, 1.54) is 0 Å². The van der Waals surface area contributed by atoms with Gasteiger partial charge in [-0.15, -0.1) is 0 Å². The van der Waals surface area contributed by atoms with Gasteiger partial charge in [-0.05, 0) is 43.2 Å². The van der Waals surface area contributed by atoms with Crippen molar-refractivity contribution in [2.24, 2.45) is 0 Å². The third-order valence-corrected chi connectivity index (χ3v) is 3.16. The Balaban J connectivity index is 2.13. The molecule has 0 atom stereocenters. The zero-order chi connectivity index (χ0) is 14.7. The lowest BCUT2D eigenvalue weighted by molar-refractivity contribution is -0.115. The fraction of sp³-hybridized carbons (Fsp3) is 0.188.